The van der Waals surface area contributed by atoms with E-state index in [1.54, 1.807) is 13.2 Å². The first kappa shape index (κ1) is 24.7. The molecular formula is C26H28O10. The third kappa shape index (κ3) is 4.71. The van der Waals surface area contributed by atoms with Crippen LogP contribution in [-0.4, -0.2) is 71.5 Å². The molecule has 2 aliphatic rings. The molecule has 10 nitrogen and oxygen atoms in total. The first-order valence-corrected chi connectivity index (χ1v) is 11.6. The highest BCUT2D eigenvalue weighted by molar-refractivity contribution is 6.01. The number of methoxy groups -OCH3 is 1. The van der Waals surface area contributed by atoms with Crippen molar-refractivity contribution < 1.29 is 48.2 Å². The molecule has 0 amide bonds. The van der Waals surface area contributed by atoms with Crippen molar-refractivity contribution in [3.63, 3.8) is 0 Å². The fourth-order valence-electron chi connectivity index (χ4n) is 4.48. The lowest BCUT2D eigenvalue weighted by Crippen LogP contribution is -2.66. The van der Waals surface area contributed by atoms with Crippen molar-refractivity contribution in [1.82, 2.24) is 0 Å². The number of aromatic hydroxyl groups is 1. The van der Waals surface area contributed by atoms with E-state index in [0.717, 1.165) is 16.5 Å². The normalized spacial score (nSPS) is 30.2. The number of aliphatic hydroxyl groups is 2. The molecule has 3 N–H and O–H groups in total. The summed E-state index contributed by atoms with van der Waals surface area (Å²) < 4.78 is 33.3. The van der Waals surface area contributed by atoms with E-state index in [4.69, 9.17) is 28.1 Å². The van der Waals surface area contributed by atoms with E-state index in [9.17, 15) is 20.1 Å². The molecule has 36 heavy (non-hydrogen) atoms. The van der Waals surface area contributed by atoms with Crippen molar-refractivity contribution in [2.24, 2.45) is 0 Å². The zero-order valence-electron chi connectivity index (χ0n) is 19.8. The third-order valence-corrected chi connectivity index (χ3v) is 6.56. The van der Waals surface area contributed by atoms with Gasteiger partial charge in [-0.25, -0.2) is 0 Å². The van der Waals surface area contributed by atoms with E-state index in [2.05, 4.69) is 0 Å². The number of phenolic OH excluding ortho intramolecular Hbond substituents is 1. The number of ether oxygens (including phenoxy) is 5. The lowest BCUT2D eigenvalue weighted by molar-refractivity contribution is -0.445. The Labute approximate surface area is 206 Å². The molecule has 0 spiro atoms. The van der Waals surface area contributed by atoms with E-state index in [-0.39, 0.29) is 35.9 Å². The predicted octanol–water partition coefficient (Wildman–Crippen LogP) is 2.51. The zero-order chi connectivity index (χ0) is 25.4. The fourth-order valence-corrected chi connectivity index (χ4v) is 4.48. The standard InChI is InChI=1S/C26H28O10/c1-26(31-2)33-13-20-24(36-26)22(29)23(30)25(35-20)34-19-5-3-4-16(27)21(19)17(28)8-6-14-7-9-18-15(12-14)10-11-32-18/h3-5,7,9-12,20,22-25,27,29-30H,6,8,13H2,1-2H3/t20-,22-,23-,24-,25-,26?/m1/s1. The fraction of sp³-hybridized carbons (Fsp3) is 0.423. The van der Waals surface area contributed by atoms with Crippen molar-refractivity contribution in [3.8, 4) is 11.5 Å². The van der Waals surface area contributed by atoms with E-state index >= 15 is 0 Å². The number of benzene rings is 2. The number of carbonyl (C=O) groups is 1. The van der Waals surface area contributed by atoms with Crippen LogP contribution in [-0.2, 0) is 25.4 Å². The van der Waals surface area contributed by atoms with Crippen molar-refractivity contribution in [3.05, 3.63) is 59.9 Å². The second-order valence-corrected chi connectivity index (χ2v) is 8.97. The number of hydrogen-bond acceptors (Lipinski definition) is 10. The van der Waals surface area contributed by atoms with Crippen LogP contribution in [0.1, 0.15) is 29.3 Å². The zero-order valence-corrected chi connectivity index (χ0v) is 19.8. The molecule has 0 saturated carbocycles. The molecule has 5 rings (SSSR count). The average Bonchev–Trinajstić information content (AvgIpc) is 3.34. The van der Waals surface area contributed by atoms with Gasteiger partial charge < -0.3 is 43.4 Å². The number of phenols is 1. The summed E-state index contributed by atoms with van der Waals surface area (Å²) >= 11 is 0. The van der Waals surface area contributed by atoms with E-state index in [0.29, 0.717) is 6.42 Å². The molecule has 3 heterocycles. The van der Waals surface area contributed by atoms with Crippen LogP contribution in [0.5, 0.6) is 11.5 Å². The van der Waals surface area contributed by atoms with Crippen LogP contribution in [0.2, 0.25) is 0 Å². The van der Waals surface area contributed by atoms with Crippen LogP contribution >= 0.6 is 0 Å². The first-order valence-electron chi connectivity index (χ1n) is 11.6. The van der Waals surface area contributed by atoms with E-state index in [1.165, 1.54) is 25.3 Å². The Balaban J connectivity index is 1.30. The van der Waals surface area contributed by atoms with Gasteiger partial charge in [-0.3, -0.25) is 4.79 Å². The number of fused-ring (bicyclic) bond motifs is 2. The number of aryl methyl sites for hydroxylation is 1. The Hall–Kier alpha value is -2.99. The van der Waals surface area contributed by atoms with Crippen LogP contribution in [0.25, 0.3) is 11.0 Å². The molecule has 2 aliphatic heterocycles. The molecule has 3 aromatic rings. The molecule has 1 unspecified atom stereocenters. The second kappa shape index (κ2) is 9.81. The number of rotatable bonds is 7. The largest absolute Gasteiger partial charge is 0.507 e. The second-order valence-electron chi connectivity index (χ2n) is 8.97. The Morgan fingerprint density at radius 3 is 2.81 bits per heavy atom. The molecule has 2 saturated heterocycles. The summed E-state index contributed by atoms with van der Waals surface area (Å²) in [5.74, 6) is -1.96. The van der Waals surface area contributed by atoms with Crippen LogP contribution in [0.4, 0.5) is 0 Å². The first-order chi connectivity index (χ1) is 17.3. The predicted molar refractivity (Wildman–Crippen MR) is 125 cm³/mol. The number of aliphatic hydroxyl groups excluding tert-OH is 2. The maximum Gasteiger partial charge on any atom is 0.280 e. The van der Waals surface area contributed by atoms with Gasteiger partial charge in [-0.1, -0.05) is 12.1 Å². The smallest absolute Gasteiger partial charge is 0.280 e. The molecule has 0 radical (unpaired) electrons. The van der Waals surface area contributed by atoms with Crippen molar-refractivity contribution in [2.75, 3.05) is 13.7 Å². The lowest BCUT2D eigenvalue weighted by Gasteiger charge is -2.48. The Bertz CT molecular complexity index is 1240. The Morgan fingerprint density at radius 2 is 2.00 bits per heavy atom. The SMILES string of the molecule is COC1(C)OC[C@H]2O[C@@H](Oc3cccc(O)c3C(=O)CCc3ccc4occc4c3)[C@H](O)[C@@H](O)[C@@H]2O1. The summed E-state index contributed by atoms with van der Waals surface area (Å²) in [4.78, 5) is 13.1. The van der Waals surface area contributed by atoms with Gasteiger partial charge in [-0.05, 0) is 42.3 Å². The summed E-state index contributed by atoms with van der Waals surface area (Å²) in [7, 11) is 1.40. The summed E-state index contributed by atoms with van der Waals surface area (Å²) in [5, 5.41) is 32.8. The van der Waals surface area contributed by atoms with Gasteiger partial charge in [0.15, 0.2) is 5.78 Å². The summed E-state index contributed by atoms with van der Waals surface area (Å²) in [6.45, 7) is 1.56. The van der Waals surface area contributed by atoms with Gasteiger partial charge in [0.1, 0.15) is 47.1 Å². The summed E-state index contributed by atoms with van der Waals surface area (Å²) in [5.41, 5.74) is 1.67. The topological polar surface area (TPSA) is 137 Å². The van der Waals surface area contributed by atoms with Gasteiger partial charge in [-0.2, -0.15) is 0 Å². The maximum absolute atomic E-state index is 13.1. The van der Waals surface area contributed by atoms with Crippen LogP contribution < -0.4 is 4.74 Å². The Morgan fingerprint density at radius 1 is 1.17 bits per heavy atom. The van der Waals surface area contributed by atoms with E-state index in [1.807, 2.05) is 24.3 Å². The number of hydrogen-bond donors (Lipinski definition) is 3. The molecule has 2 fully saturated rings. The highest BCUT2D eigenvalue weighted by Crippen LogP contribution is 2.36. The van der Waals surface area contributed by atoms with Gasteiger partial charge in [0.2, 0.25) is 6.29 Å². The van der Waals surface area contributed by atoms with Crippen LogP contribution in [0.15, 0.2) is 53.1 Å². The van der Waals surface area contributed by atoms with Gasteiger partial charge in [0.05, 0.1) is 12.9 Å². The van der Waals surface area contributed by atoms with Crippen molar-refractivity contribution in [2.45, 2.75) is 56.4 Å². The van der Waals surface area contributed by atoms with Crippen molar-refractivity contribution in [1.29, 1.82) is 0 Å². The molecule has 0 bridgehead atoms. The van der Waals surface area contributed by atoms with Crippen LogP contribution in [0, 0.1) is 0 Å². The quantitative estimate of drug-likeness (QED) is 0.415. The Kier molecular flexibility index (Phi) is 6.73. The summed E-state index contributed by atoms with van der Waals surface area (Å²) in [6, 6.07) is 11.9. The minimum absolute atomic E-state index is 0.0193. The van der Waals surface area contributed by atoms with Gasteiger partial charge in [-0.15, -0.1) is 0 Å². The molecular weight excluding hydrogens is 472 g/mol. The lowest BCUT2D eigenvalue weighted by atomic mass is 9.97. The number of carbonyl (C=O) groups excluding carboxylic acids is 1. The number of Topliss-reactive ketones (excluding diaryl/α,β-unsaturated/α-hetero) is 1. The molecule has 6 atom stereocenters. The van der Waals surface area contributed by atoms with E-state index < -0.39 is 36.7 Å². The van der Waals surface area contributed by atoms with Crippen LogP contribution in [0.3, 0.4) is 0 Å². The minimum Gasteiger partial charge on any atom is -0.507 e. The minimum atomic E-state index is -1.50. The molecule has 0 aliphatic carbocycles. The molecule has 192 valence electrons. The van der Waals surface area contributed by atoms with Gasteiger partial charge >= 0.3 is 0 Å². The maximum atomic E-state index is 13.1. The molecule has 10 heteroatoms. The highest BCUT2D eigenvalue weighted by Gasteiger charge is 2.52. The van der Waals surface area contributed by atoms with Gasteiger partial charge in [0.25, 0.3) is 5.97 Å². The van der Waals surface area contributed by atoms with Crippen molar-refractivity contribution >= 4 is 16.8 Å². The number of ketones is 1. The summed E-state index contributed by atoms with van der Waals surface area (Å²) in [6.07, 6.45) is -3.74. The van der Waals surface area contributed by atoms with Gasteiger partial charge in [0, 0.05) is 25.8 Å². The average molecular weight is 501 g/mol. The molecule has 2 aromatic carbocycles. The third-order valence-electron chi connectivity index (χ3n) is 6.56. The number of furan rings is 1. The highest BCUT2D eigenvalue weighted by atomic mass is 16.9. The molecule has 1 aromatic heterocycles. The monoisotopic (exact) mass is 500 g/mol.